The van der Waals surface area contributed by atoms with Crippen molar-refractivity contribution in [1.82, 2.24) is 35.9 Å². The molecule has 17 heteroatoms. The molecule has 0 aliphatic rings. The summed E-state index contributed by atoms with van der Waals surface area (Å²) in [6.07, 6.45) is 4.67. The average molecular weight is 549 g/mol. The first-order valence-corrected chi connectivity index (χ1v) is 11.9. The number of aromatic nitrogens is 4. The summed E-state index contributed by atoms with van der Waals surface area (Å²) in [5.41, 5.74) is 16.9. The summed E-state index contributed by atoms with van der Waals surface area (Å²) in [6, 6.07) is -5.13. The zero-order valence-corrected chi connectivity index (χ0v) is 20.9. The number of nitrogens with one attached hydrogen (secondary N) is 5. The number of hydrogen-bond acceptors (Lipinski definition) is 9. The molecule has 2 aromatic heterocycles. The van der Waals surface area contributed by atoms with E-state index in [1.54, 1.807) is 0 Å². The van der Waals surface area contributed by atoms with Crippen LogP contribution in [0.5, 0.6) is 0 Å². The van der Waals surface area contributed by atoms with Crippen molar-refractivity contribution in [3.63, 3.8) is 0 Å². The molecule has 4 unspecified atom stereocenters. The number of nitrogens with zero attached hydrogens (tertiary/aromatic N) is 2. The smallest absolute Gasteiger partial charge is 0.326 e. The van der Waals surface area contributed by atoms with Crippen molar-refractivity contribution < 1.29 is 33.9 Å². The minimum atomic E-state index is -1.45. The number of nitrogens with two attached hydrogens (primary N) is 3. The van der Waals surface area contributed by atoms with E-state index in [9.17, 15) is 33.9 Å². The van der Waals surface area contributed by atoms with Crippen molar-refractivity contribution in [2.24, 2.45) is 17.2 Å². The lowest BCUT2D eigenvalue weighted by Crippen LogP contribution is -2.58. The number of carbonyl (C=O) groups is 6. The summed E-state index contributed by atoms with van der Waals surface area (Å²) in [4.78, 5) is 86.1. The van der Waals surface area contributed by atoms with Gasteiger partial charge in [0.05, 0.1) is 18.7 Å². The number of carbonyl (C=O) groups excluding carboxylic acids is 5. The number of H-pyrrole nitrogens is 2. The highest BCUT2D eigenvalue weighted by Gasteiger charge is 2.31. The quantitative estimate of drug-likeness (QED) is 0.0932. The number of primary amides is 2. The standard InChI is InChI=1S/C22H32N10O7/c23-13(1-3-17(24)33)19(35)31-15(5-11-7-26-9-28-11)21(37)32-16(6-12-8-27-10-29-12)20(36)30-14(22(38)39)2-4-18(25)34/h7-10,13-16H,1-6,23H2,(H2,24,33)(H2,25,34)(H,26,28)(H,27,29)(H,30,36)(H,31,35)(H,32,37)(H,38,39). The largest absolute Gasteiger partial charge is 0.480 e. The molecule has 2 heterocycles. The van der Waals surface area contributed by atoms with Gasteiger partial charge in [0.2, 0.25) is 29.5 Å². The first-order chi connectivity index (χ1) is 18.5. The van der Waals surface area contributed by atoms with Crippen molar-refractivity contribution in [2.45, 2.75) is 62.7 Å². The number of hydrogen-bond donors (Lipinski definition) is 9. The molecule has 0 aliphatic carbocycles. The second kappa shape index (κ2) is 14.8. The van der Waals surface area contributed by atoms with Gasteiger partial charge in [0.15, 0.2) is 0 Å². The maximum atomic E-state index is 13.3. The third kappa shape index (κ3) is 10.6. The maximum absolute atomic E-state index is 13.3. The molecule has 0 saturated carbocycles. The molecular formula is C22H32N10O7. The van der Waals surface area contributed by atoms with E-state index in [2.05, 4.69) is 35.9 Å². The van der Waals surface area contributed by atoms with Gasteiger partial charge in [-0.1, -0.05) is 0 Å². The highest BCUT2D eigenvalue weighted by atomic mass is 16.4. The monoisotopic (exact) mass is 548 g/mol. The molecule has 5 amide bonds. The summed E-state index contributed by atoms with van der Waals surface area (Å²) in [7, 11) is 0. The highest BCUT2D eigenvalue weighted by molar-refractivity contribution is 5.94. The summed E-state index contributed by atoms with van der Waals surface area (Å²) >= 11 is 0. The second-order valence-electron chi connectivity index (χ2n) is 8.70. The zero-order valence-electron chi connectivity index (χ0n) is 20.9. The van der Waals surface area contributed by atoms with Crippen molar-refractivity contribution >= 4 is 35.5 Å². The Morgan fingerprint density at radius 3 is 1.59 bits per heavy atom. The lowest BCUT2D eigenvalue weighted by Gasteiger charge is -2.25. The predicted molar refractivity (Wildman–Crippen MR) is 133 cm³/mol. The number of amides is 5. The Bertz CT molecular complexity index is 1140. The Morgan fingerprint density at radius 1 is 0.744 bits per heavy atom. The van der Waals surface area contributed by atoms with Crippen LogP contribution in [0.4, 0.5) is 0 Å². The Balaban J connectivity index is 2.22. The van der Waals surface area contributed by atoms with Crippen LogP contribution in [0.1, 0.15) is 37.1 Å². The Morgan fingerprint density at radius 2 is 1.18 bits per heavy atom. The van der Waals surface area contributed by atoms with Crippen LogP contribution in [0.3, 0.4) is 0 Å². The Kier molecular flexibility index (Phi) is 11.6. The van der Waals surface area contributed by atoms with E-state index in [0.29, 0.717) is 11.4 Å². The van der Waals surface area contributed by atoms with Gasteiger partial charge in [0, 0.05) is 49.5 Å². The number of aromatic amines is 2. The fourth-order valence-corrected chi connectivity index (χ4v) is 3.45. The van der Waals surface area contributed by atoms with Crippen molar-refractivity contribution in [2.75, 3.05) is 0 Å². The van der Waals surface area contributed by atoms with Gasteiger partial charge in [0.1, 0.15) is 18.1 Å². The molecular weight excluding hydrogens is 516 g/mol. The molecule has 4 atom stereocenters. The molecule has 212 valence electrons. The van der Waals surface area contributed by atoms with Crippen LogP contribution in [-0.4, -0.2) is 84.7 Å². The van der Waals surface area contributed by atoms with Crippen LogP contribution in [-0.2, 0) is 41.6 Å². The molecule has 0 saturated heterocycles. The number of aliphatic carboxylic acids is 1. The van der Waals surface area contributed by atoms with Gasteiger partial charge in [-0.05, 0) is 12.8 Å². The van der Waals surface area contributed by atoms with Crippen molar-refractivity contribution in [1.29, 1.82) is 0 Å². The minimum absolute atomic E-state index is 0.0493. The van der Waals surface area contributed by atoms with Gasteiger partial charge in [-0.2, -0.15) is 0 Å². The van der Waals surface area contributed by atoms with Crippen LogP contribution in [0.25, 0.3) is 0 Å². The lowest BCUT2D eigenvalue weighted by atomic mass is 10.1. The van der Waals surface area contributed by atoms with E-state index < -0.39 is 59.7 Å². The number of carboxylic acid groups (broad SMARTS) is 1. The van der Waals surface area contributed by atoms with E-state index in [-0.39, 0.29) is 38.5 Å². The molecule has 0 aromatic carbocycles. The molecule has 2 rings (SSSR count). The van der Waals surface area contributed by atoms with Gasteiger partial charge in [-0.15, -0.1) is 0 Å². The fraction of sp³-hybridized carbons (Fsp3) is 0.455. The third-order valence-electron chi connectivity index (χ3n) is 5.56. The van der Waals surface area contributed by atoms with Crippen LogP contribution < -0.4 is 33.2 Å². The van der Waals surface area contributed by atoms with Crippen molar-refractivity contribution in [3.8, 4) is 0 Å². The van der Waals surface area contributed by atoms with E-state index in [4.69, 9.17) is 17.2 Å². The number of imidazole rings is 2. The molecule has 2 aromatic rings. The summed E-state index contributed by atoms with van der Waals surface area (Å²) in [6.45, 7) is 0. The summed E-state index contributed by atoms with van der Waals surface area (Å²) in [5, 5.41) is 16.8. The molecule has 0 radical (unpaired) electrons. The van der Waals surface area contributed by atoms with E-state index in [1.165, 1.54) is 25.0 Å². The Hall–Kier alpha value is -4.80. The van der Waals surface area contributed by atoms with E-state index in [0.717, 1.165) is 0 Å². The lowest BCUT2D eigenvalue weighted by molar-refractivity contribution is -0.142. The molecule has 0 bridgehead atoms. The normalized spacial score (nSPS) is 13.9. The summed E-state index contributed by atoms with van der Waals surface area (Å²) < 4.78 is 0. The van der Waals surface area contributed by atoms with Crippen LogP contribution in [0.15, 0.2) is 25.0 Å². The SMILES string of the molecule is NC(=O)CCC(N)C(=O)NC(Cc1cnc[nH]1)C(=O)NC(Cc1cnc[nH]1)C(=O)NC(CCC(N)=O)C(=O)O. The summed E-state index contributed by atoms with van der Waals surface area (Å²) in [5.74, 6) is -5.17. The van der Waals surface area contributed by atoms with Crippen molar-refractivity contribution in [3.05, 3.63) is 36.4 Å². The number of carboxylic acids is 1. The van der Waals surface area contributed by atoms with Gasteiger partial charge >= 0.3 is 5.97 Å². The molecule has 0 aliphatic heterocycles. The zero-order chi connectivity index (χ0) is 28.9. The first kappa shape index (κ1) is 30.4. The molecule has 0 fully saturated rings. The molecule has 17 nitrogen and oxygen atoms in total. The maximum Gasteiger partial charge on any atom is 0.326 e. The number of rotatable bonds is 17. The van der Waals surface area contributed by atoms with Gasteiger partial charge in [0.25, 0.3) is 0 Å². The first-order valence-electron chi connectivity index (χ1n) is 11.9. The topological polar surface area (TPSA) is 294 Å². The molecule has 12 N–H and O–H groups in total. The van der Waals surface area contributed by atoms with E-state index >= 15 is 0 Å². The third-order valence-corrected chi connectivity index (χ3v) is 5.56. The van der Waals surface area contributed by atoms with Gasteiger partial charge in [-0.25, -0.2) is 14.8 Å². The minimum Gasteiger partial charge on any atom is -0.480 e. The predicted octanol–water partition coefficient (Wildman–Crippen LogP) is -3.68. The fourth-order valence-electron chi connectivity index (χ4n) is 3.45. The molecule has 0 spiro atoms. The highest BCUT2D eigenvalue weighted by Crippen LogP contribution is 2.06. The van der Waals surface area contributed by atoms with Crippen LogP contribution in [0, 0.1) is 0 Å². The molecule has 39 heavy (non-hydrogen) atoms. The van der Waals surface area contributed by atoms with Gasteiger partial charge < -0.3 is 48.2 Å². The average Bonchev–Trinajstić information content (AvgIpc) is 3.58. The van der Waals surface area contributed by atoms with E-state index in [1.807, 2.05) is 0 Å². The van der Waals surface area contributed by atoms with Crippen LogP contribution >= 0.6 is 0 Å². The Labute approximate surface area is 222 Å². The van der Waals surface area contributed by atoms with Crippen LogP contribution in [0.2, 0.25) is 0 Å². The second-order valence-corrected chi connectivity index (χ2v) is 8.70. The van der Waals surface area contributed by atoms with Gasteiger partial charge in [-0.3, -0.25) is 24.0 Å².